The molecule has 8 aromatic carbocycles. The number of amides is 4. The SMILES string of the molecule is N=C(N)NCCC[C@@H]1N[C@H](CNC(=O)c2ccc3ccccc3c2)CCN(CC2c3ccccc3-c3ccccc32)C1=O.N=C(N)NCCC[C@@H]1N[C@H](CNC(=O)c2ccc3ccccc3c2)CCN(c2ccc3ccccc3c2)C1=O. The Balaban J connectivity index is 0.000000185. The van der Waals surface area contributed by atoms with Gasteiger partial charge in [0.1, 0.15) is 0 Å². The summed E-state index contributed by atoms with van der Waals surface area (Å²) in [6.07, 6.45) is 3.95. The molecule has 12 N–H and O–H groups in total. The van der Waals surface area contributed by atoms with Crippen molar-refractivity contribution in [3.05, 3.63) is 198 Å². The fourth-order valence-electron chi connectivity index (χ4n) is 11.7. The molecule has 16 heteroatoms. The Morgan fingerprint density at radius 1 is 0.500 bits per heavy atom. The van der Waals surface area contributed by atoms with Gasteiger partial charge in [-0.25, -0.2) is 0 Å². The maximum atomic E-state index is 14.0. The van der Waals surface area contributed by atoms with Crippen LogP contribution in [0, 0.1) is 10.8 Å². The molecule has 420 valence electrons. The molecule has 0 bridgehead atoms. The lowest BCUT2D eigenvalue weighted by Gasteiger charge is -2.28. The lowest BCUT2D eigenvalue weighted by molar-refractivity contribution is -0.133. The predicted molar refractivity (Wildman–Crippen MR) is 328 cm³/mol. The summed E-state index contributed by atoms with van der Waals surface area (Å²) >= 11 is 0. The summed E-state index contributed by atoms with van der Waals surface area (Å²) in [4.78, 5) is 57.7. The zero-order valence-corrected chi connectivity index (χ0v) is 46.0. The van der Waals surface area contributed by atoms with E-state index in [1.54, 1.807) is 0 Å². The van der Waals surface area contributed by atoms with Crippen LogP contribution >= 0.6 is 0 Å². The van der Waals surface area contributed by atoms with Crippen molar-refractivity contribution in [1.82, 2.24) is 36.8 Å². The highest BCUT2D eigenvalue weighted by atomic mass is 16.2. The maximum absolute atomic E-state index is 14.0. The summed E-state index contributed by atoms with van der Waals surface area (Å²) in [5.41, 5.74) is 18.0. The van der Waals surface area contributed by atoms with Gasteiger partial charge in [0.05, 0.1) is 12.1 Å². The van der Waals surface area contributed by atoms with E-state index in [0.717, 1.165) is 44.4 Å². The molecule has 0 radical (unpaired) electrons. The van der Waals surface area contributed by atoms with Crippen LogP contribution in [0.1, 0.15) is 76.3 Å². The van der Waals surface area contributed by atoms with Gasteiger partial charge in [-0.3, -0.25) is 30.0 Å². The van der Waals surface area contributed by atoms with Crippen molar-refractivity contribution in [2.24, 2.45) is 11.5 Å². The number of hydrogen-bond donors (Lipinski definition) is 10. The van der Waals surface area contributed by atoms with E-state index in [-0.39, 0.29) is 53.5 Å². The first-order chi connectivity index (χ1) is 39.9. The van der Waals surface area contributed by atoms with Gasteiger partial charge in [0.2, 0.25) is 11.8 Å². The van der Waals surface area contributed by atoms with Gasteiger partial charge in [-0.2, -0.15) is 0 Å². The van der Waals surface area contributed by atoms with Crippen LogP contribution in [0.4, 0.5) is 5.69 Å². The molecule has 3 aliphatic rings. The van der Waals surface area contributed by atoms with Gasteiger partial charge >= 0.3 is 0 Å². The third kappa shape index (κ3) is 13.7. The molecule has 2 fully saturated rings. The number of anilines is 1. The second kappa shape index (κ2) is 26.4. The Kier molecular flexibility index (Phi) is 18.1. The molecule has 8 aromatic rings. The molecular weight excluding hydrogens is 1020 g/mol. The van der Waals surface area contributed by atoms with Crippen LogP contribution < -0.4 is 48.3 Å². The van der Waals surface area contributed by atoms with E-state index < -0.39 is 12.1 Å². The Labute approximate surface area is 478 Å². The zero-order valence-electron chi connectivity index (χ0n) is 46.0. The average Bonchev–Trinajstić information content (AvgIpc) is 3.62. The lowest BCUT2D eigenvalue weighted by atomic mass is 9.96. The summed E-state index contributed by atoms with van der Waals surface area (Å²) in [5.74, 6) is -0.213. The number of carbonyl (C=O) groups is 4. The molecule has 1 aliphatic carbocycles. The molecule has 4 amide bonds. The van der Waals surface area contributed by atoms with Crippen LogP contribution in [-0.4, -0.2) is 110 Å². The summed E-state index contributed by atoms with van der Waals surface area (Å²) in [6, 6.07) is 57.6. The summed E-state index contributed by atoms with van der Waals surface area (Å²) in [5, 5.41) is 40.2. The molecule has 11 rings (SSSR count). The molecule has 0 saturated carbocycles. The zero-order chi connectivity index (χ0) is 57.0. The van der Waals surface area contributed by atoms with Gasteiger partial charge in [-0.15, -0.1) is 0 Å². The normalized spacial score (nSPS) is 17.9. The minimum atomic E-state index is -0.421. The first-order valence-corrected chi connectivity index (χ1v) is 28.4. The van der Waals surface area contributed by atoms with E-state index in [4.69, 9.17) is 22.3 Å². The fourth-order valence-corrected chi connectivity index (χ4v) is 11.7. The molecule has 2 heterocycles. The standard InChI is InChI=1S/C35H38N6O2.C31H34N6O2/c36-35(37)38-18-7-14-32-34(43)41(22-31-29-12-5-3-10-27(29)28-11-4-6-13-30(28)31)19-17-26(40-32)21-39-33(42)25-16-15-23-8-1-2-9-24(23)20-25;32-31(33)34-16-5-10-28-30(39)37(27-14-13-22-7-2-4-9-24(22)19-27)17-15-26(36-28)20-35-29(38)25-12-11-21-6-1-3-8-23(21)18-25/h1-6,8-13,15-16,20,26,31-32,40H,7,14,17-19,21-22H2,(H,39,42)(H4,36,37,38);1-4,6-9,11-14,18-19,26,28,36H,5,10,15-17,20H2,(H,35,38)(H4,32,33,34)/t26-,32-;26-,28-/m00/s1. The number of guanidine groups is 2. The maximum Gasteiger partial charge on any atom is 0.251 e. The molecule has 82 heavy (non-hydrogen) atoms. The van der Waals surface area contributed by atoms with Gasteiger partial charge in [0.15, 0.2) is 11.9 Å². The highest BCUT2D eigenvalue weighted by molar-refractivity contribution is 6.01. The highest BCUT2D eigenvalue weighted by Crippen LogP contribution is 2.45. The molecular formula is C66H72N12O4. The Morgan fingerprint density at radius 2 is 0.927 bits per heavy atom. The van der Waals surface area contributed by atoms with Crippen molar-refractivity contribution in [2.75, 3.05) is 50.7 Å². The number of benzene rings is 8. The van der Waals surface area contributed by atoms with Crippen molar-refractivity contribution in [3.8, 4) is 11.1 Å². The molecule has 4 atom stereocenters. The van der Waals surface area contributed by atoms with E-state index in [1.165, 1.54) is 22.3 Å². The molecule has 16 nitrogen and oxygen atoms in total. The fraction of sp³-hybridized carbons (Fsp3) is 0.273. The molecule has 2 saturated heterocycles. The van der Waals surface area contributed by atoms with E-state index in [0.29, 0.717) is 89.0 Å². The quantitative estimate of drug-likeness (QED) is 0.0240. The minimum absolute atomic E-state index is 0.0106. The number of hydrogen-bond acceptors (Lipinski definition) is 8. The van der Waals surface area contributed by atoms with E-state index in [1.807, 2.05) is 119 Å². The Morgan fingerprint density at radius 3 is 1.43 bits per heavy atom. The average molecular weight is 1100 g/mol. The second-order valence-corrected chi connectivity index (χ2v) is 21.5. The van der Waals surface area contributed by atoms with Crippen LogP contribution in [0.3, 0.4) is 0 Å². The third-order valence-corrected chi connectivity index (χ3v) is 15.9. The summed E-state index contributed by atoms with van der Waals surface area (Å²) in [6.45, 7) is 3.62. The Bertz CT molecular complexity index is 3580. The minimum Gasteiger partial charge on any atom is -0.370 e. The number of nitrogens with zero attached hydrogens (tertiary/aromatic N) is 2. The van der Waals surface area contributed by atoms with Gasteiger partial charge in [0.25, 0.3) is 11.8 Å². The monoisotopic (exact) mass is 1100 g/mol. The van der Waals surface area contributed by atoms with Crippen molar-refractivity contribution in [1.29, 1.82) is 10.8 Å². The van der Waals surface area contributed by atoms with Crippen LogP contribution in [0.5, 0.6) is 0 Å². The van der Waals surface area contributed by atoms with Crippen LogP contribution in [0.15, 0.2) is 176 Å². The van der Waals surface area contributed by atoms with Crippen LogP contribution in [0.25, 0.3) is 43.4 Å². The number of carbonyl (C=O) groups excluding carboxylic acids is 4. The summed E-state index contributed by atoms with van der Waals surface area (Å²) in [7, 11) is 0. The highest BCUT2D eigenvalue weighted by Gasteiger charge is 2.36. The predicted octanol–water partition coefficient (Wildman–Crippen LogP) is 7.95. The van der Waals surface area contributed by atoms with Crippen molar-refractivity contribution >= 4 is 73.6 Å². The summed E-state index contributed by atoms with van der Waals surface area (Å²) < 4.78 is 0. The van der Waals surface area contributed by atoms with Crippen molar-refractivity contribution in [3.63, 3.8) is 0 Å². The first kappa shape index (κ1) is 56.2. The van der Waals surface area contributed by atoms with Gasteiger partial charge < -0.3 is 53.2 Å². The Hall–Kier alpha value is -9.12. The molecule has 0 unspecified atom stereocenters. The lowest BCUT2D eigenvalue weighted by Crippen LogP contribution is -2.49. The molecule has 2 aliphatic heterocycles. The largest absolute Gasteiger partial charge is 0.370 e. The molecule has 0 aromatic heterocycles. The third-order valence-electron chi connectivity index (χ3n) is 15.9. The second-order valence-electron chi connectivity index (χ2n) is 21.5. The van der Waals surface area contributed by atoms with Crippen LogP contribution in [0.2, 0.25) is 0 Å². The number of nitrogens with one attached hydrogen (secondary N) is 8. The van der Waals surface area contributed by atoms with E-state index in [9.17, 15) is 19.2 Å². The number of rotatable bonds is 17. The topological polar surface area (TPSA) is 247 Å². The number of nitrogens with two attached hydrogens (primary N) is 2. The van der Waals surface area contributed by atoms with Crippen molar-refractivity contribution in [2.45, 2.75) is 68.6 Å². The first-order valence-electron chi connectivity index (χ1n) is 28.4. The van der Waals surface area contributed by atoms with Crippen molar-refractivity contribution < 1.29 is 19.2 Å². The van der Waals surface area contributed by atoms with Gasteiger partial charge in [0, 0.05) is 80.6 Å². The molecule has 0 spiro atoms. The van der Waals surface area contributed by atoms with Gasteiger partial charge in [-0.05, 0) is 129 Å². The number of fused-ring (bicyclic) bond motifs is 6. The van der Waals surface area contributed by atoms with Gasteiger partial charge in [-0.1, -0.05) is 140 Å². The van der Waals surface area contributed by atoms with E-state index in [2.05, 4.69) is 98.6 Å². The van der Waals surface area contributed by atoms with Crippen LogP contribution in [-0.2, 0) is 9.59 Å². The smallest absolute Gasteiger partial charge is 0.251 e. The van der Waals surface area contributed by atoms with E-state index >= 15 is 0 Å².